The number of aromatic amines is 1. The van der Waals surface area contributed by atoms with Gasteiger partial charge in [0.25, 0.3) is 0 Å². The zero-order chi connectivity index (χ0) is 19.5. The van der Waals surface area contributed by atoms with Gasteiger partial charge in [0.05, 0.1) is 13.2 Å². The number of para-hydroxylation sites is 2. The maximum absolute atomic E-state index is 13.3. The average Bonchev–Trinajstić information content (AvgIpc) is 3.18. The molecule has 0 spiro atoms. The highest BCUT2D eigenvalue weighted by Gasteiger charge is 2.36. The van der Waals surface area contributed by atoms with Crippen LogP contribution in [0, 0.1) is 0 Å². The molecule has 1 aliphatic heterocycles. The summed E-state index contributed by atoms with van der Waals surface area (Å²) < 4.78 is 5.55. The number of hydrogen-bond acceptors (Lipinski definition) is 4. The lowest BCUT2D eigenvalue weighted by Crippen LogP contribution is -2.43. The van der Waals surface area contributed by atoms with Gasteiger partial charge in [-0.2, -0.15) is 0 Å². The molecular formula is C23H26N2O3. The number of aliphatic hydroxyl groups excluding tert-OH is 1. The van der Waals surface area contributed by atoms with E-state index in [9.17, 15) is 9.90 Å². The summed E-state index contributed by atoms with van der Waals surface area (Å²) in [6.07, 6.45) is 3.85. The molecular weight excluding hydrogens is 352 g/mol. The van der Waals surface area contributed by atoms with E-state index in [1.54, 1.807) is 13.3 Å². The van der Waals surface area contributed by atoms with Gasteiger partial charge in [0, 0.05) is 28.2 Å². The number of piperidine rings is 1. The van der Waals surface area contributed by atoms with Gasteiger partial charge in [0.1, 0.15) is 11.9 Å². The first-order valence-electron chi connectivity index (χ1n) is 9.86. The van der Waals surface area contributed by atoms with Crippen LogP contribution in [0.4, 0.5) is 0 Å². The zero-order valence-electron chi connectivity index (χ0n) is 16.1. The molecule has 2 aromatic carbocycles. The number of carbonyl (C=O) groups is 1. The summed E-state index contributed by atoms with van der Waals surface area (Å²) in [5, 5.41) is 12.1. The van der Waals surface area contributed by atoms with Gasteiger partial charge in [-0.25, -0.2) is 0 Å². The number of nitrogens with zero attached hydrogens (tertiary/aromatic N) is 1. The minimum atomic E-state index is -1.17. The third-order valence-electron chi connectivity index (χ3n) is 5.66. The third-order valence-corrected chi connectivity index (χ3v) is 5.66. The first kappa shape index (κ1) is 18.7. The maximum Gasteiger partial charge on any atom is 0.195 e. The number of hydrogen-bond donors (Lipinski definition) is 2. The van der Waals surface area contributed by atoms with E-state index in [4.69, 9.17) is 4.74 Å². The number of aromatic nitrogens is 1. The quantitative estimate of drug-likeness (QED) is 0.638. The monoisotopic (exact) mass is 378 g/mol. The molecule has 0 amide bonds. The van der Waals surface area contributed by atoms with Crippen LogP contribution in [0.25, 0.3) is 10.9 Å². The summed E-state index contributed by atoms with van der Waals surface area (Å²) >= 11 is 0. The van der Waals surface area contributed by atoms with E-state index in [0.29, 0.717) is 11.3 Å². The predicted octanol–water partition coefficient (Wildman–Crippen LogP) is 3.95. The zero-order valence-corrected chi connectivity index (χ0v) is 16.1. The molecule has 2 atom stereocenters. The summed E-state index contributed by atoms with van der Waals surface area (Å²) in [6.45, 7) is 1.72. The Hall–Kier alpha value is -2.63. The van der Waals surface area contributed by atoms with Gasteiger partial charge in [-0.05, 0) is 38.1 Å². The standard InChI is InChI=1S/C23H26N2O3/c1-28-20-12-6-4-10-17(20)21(25-13-7-2-8-14-25)23(27)22(26)18-15-24-19-11-5-3-9-16(18)19/h3-6,9-12,15,21,23-24,27H,2,7-8,13-14H2,1H3/t21-,23-/m0/s1. The van der Waals surface area contributed by atoms with Crippen molar-refractivity contribution >= 4 is 16.7 Å². The smallest absolute Gasteiger partial charge is 0.195 e. The number of H-pyrrole nitrogens is 1. The molecule has 5 heteroatoms. The van der Waals surface area contributed by atoms with Crippen LogP contribution >= 0.6 is 0 Å². The first-order chi connectivity index (χ1) is 13.7. The van der Waals surface area contributed by atoms with E-state index in [1.807, 2.05) is 48.5 Å². The van der Waals surface area contributed by atoms with Crippen molar-refractivity contribution in [3.8, 4) is 5.75 Å². The Bertz CT molecular complexity index is 959. The maximum atomic E-state index is 13.3. The summed E-state index contributed by atoms with van der Waals surface area (Å²) in [5.41, 5.74) is 2.28. The van der Waals surface area contributed by atoms with Crippen LogP contribution in [0.5, 0.6) is 5.75 Å². The van der Waals surface area contributed by atoms with Crippen molar-refractivity contribution in [2.24, 2.45) is 0 Å². The molecule has 2 N–H and O–H groups in total. The highest BCUT2D eigenvalue weighted by atomic mass is 16.5. The Morgan fingerprint density at radius 1 is 1.07 bits per heavy atom. The second-order valence-electron chi connectivity index (χ2n) is 7.34. The van der Waals surface area contributed by atoms with E-state index in [1.165, 1.54) is 6.42 Å². The number of methoxy groups -OCH3 is 1. The van der Waals surface area contributed by atoms with Gasteiger partial charge in [0.15, 0.2) is 5.78 Å². The second-order valence-corrected chi connectivity index (χ2v) is 7.34. The number of benzene rings is 2. The lowest BCUT2D eigenvalue weighted by atomic mass is 9.91. The highest BCUT2D eigenvalue weighted by Crippen LogP contribution is 2.35. The topological polar surface area (TPSA) is 65.6 Å². The first-order valence-corrected chi connectivity index (χ1v) is 9.86. The molecule has 0 bridgehead atoms. The summed E-state index contributed by atoms with van der Waals surface area (Å²) in [4.78, 5) is 18.7. The van der Waals surface area contributed by atoms with E-state index in [0.717, 1.165) is 42.4 Å². The number of ether oxygens (including phenoxy) is 1. The van der Waals surface area contributed by atoms with Gasteiger partial charge in [-0.1, -0.05) is 42.8 Å². The van der Waals surface area contributed by atoms with E-state index in [2.05, 4.69) is 9.88 Å². The van der Waals surface area contributed by atoms with Crippen molar-refractivity contribution < 1.29 is 14.6 Å². The number of carbonyl (C=O) groups excluding carboxylic acids is 1. The molecule has 2 heterocycles. The molecule has 0 aliphatic carbocycles. The second kappa shape index (κ2) is 8.17. The fourth-order valence-corrected chi connectivity index (χ4v) is 4.25. The van der Waals surface area contributed by atoms with Gasteiger partial charge in [-0.15, -0.1) is 0 Å². The van der Waals surface area contributed by atoms with Crippen LogP contribution in [0.2, 0.25) is 0 Å². The van der Waals surface area contributed by atoms with Crippen LogP contribution in [-0.2, 0) is 0 Å². The lowest BCUT2D eigenvalue weighted by molar-refractivity contribution is 0.0316. The fraction of sp³-hybridized carbons (Fsp3) is 0.348. The molecule has 3 aromatic rings. The van der Waals surface area contributed by atoms with E-state index >= 15 is 0 Å². The minimum Gasteiger partial charge on any atom is -0.496 e. The summed E-state index contributed by atoms with van der Waals surface area (Å²) in [6, 6.07) is 14.9. The van der Waals surface area contributed by atoms with Gasteiger partial charge in [-0.3, -0.25) is 9.69 Å². The van der Waals surface area contributed by atoms with Crippen molar-refractivity contribution in [3.63, 3.8) is 0 Å². The number of rotatable bonds is 6. The molecule has 0 unspecified atom stereocenters. The molecule has 1 fully saturated rings. The number of Topliss-reactive ketones (excluding diaryl/α,β-unsaturated/α-hetero) is 1. The molecule has 1 aromatic heterocycles. The van der Waals surface area contributed by atoms with Crippen LogP contribution in [0.3, 0.4) is 0 Å². The average molecular weight is 378 g/mol. The largest absolute Gasteiger partial charge is 0.496 e. The van der Waals surface area contributed by atoms with Gasteiger partial charge < -0.3 is 14.8 Å². The molecule has 0 saturated carbocycles. The number of likely N-dealkylation sites (tertiary alicyclic amines) is 1. The van der Waals surface area contributed by atoms with Crippen LogP contribution in [-0.4, -0.2) is 47.1 Å². The molecule has 146 valence electrons. The minimum absolute atomic E-state index is 0.265. The van der Waals surface area contributed by atoms with Crippen LogP contribution < -0.4 is 4.74 Å². The highest BCUT2D eigenvalue weighted by molar-refractivity contribution is 6.10. The number of ketones is 1. The molecule has 1 aliphatic rings. The van der Waals surface area contributed by atoms with E-state index in [-0.39, 0.29) is 5.78 Å². The van der Waals surface area contributed by atoms with Gasteiger partial charge >= 0.3 is 0 Å². The Morgan fingerprint density at radius 3 is 2.57 bits per heavy atom. The van der Waals surface area contributed by atoms with Crippen LogP contribution in [0.1, 0.15) is 41.2 Å². The predicted molar refractivity (Wildman–Crippen MR) is 110 cm³/mol. The van der Waals surface area contributed by atoms with E-state index < -0.39 is 12.1 Å². The van der Waals surface area contributed by atoms with Crippen molar-refractivity contribution in [1.29, 1.82) is 0 Å². The Kier molecular flexibility index (Phi) is 5.46. The Balaban J connectivity index is 1.74. The van der Waals surface area contributed by atoms with Crippen molar-refractivity contribution in [1.82, 2.24) is 9.88 Å². The van der Waals surface area contributed by atoms with Crippen molar-refractivity contribution in [3.05, 3.63) is 65.9 Å². The molecule has 5 nitrogen and oxygen atoms in total. The summed E-state index contributed by atoms with van der Waals surface area (Å²) in [7, 11) is 1.62. The third kappa shape index (κ3) is 3.43. The number of nitrogens with one attached hydrogen (secondary N) is 1. The van der Waals surface area contributed by atoms with Gasteiger partial charge in [0.2, 0.25) is 0 Å². The Labute approximate surface area is 164 Å². The van der Waals surface area contributed by atoms with Crippen LogP contribution in [0.15, 0.2) is 54.7 Å². The molecule has 4 rings (SSSR count). The fourth-order valence-electron chi connectivity index (χ4n) is 4.25. The molecule has 1 saturated heterocycles. The lowest BCUT2D eigenvalue weighted by Gasteiger charge is -2.37. The Morgan fingerprint density at radius 2 is 1.79 bits per heavy atom. The summed E-state index contributed by atoms with van der Waals surface area (Å²) in [5.74, 6) is 0.433. The van der Waals surface area contributed by atoms with Crippen molar-refractivity contribution in [2.45, 2.75) is 31.4 Å². The number of fused-ring (bicyclic) bond motifs is 1. The SMILES string of the molecule is COc1ccccc1[C@@H]([C@H](O)C(=O)c1c[nH]c2ccccc12)N1CCCCC1. The molecule has 0 radical (unpaired) electrons. The van der Waals surface area contributed by atoms with Crippen molar-refractivity contribution in [2.75, 3.05) is 20.2 Å². The number of aliphatic hydroxyl groups is 1. The normalized spacial score (nSPS) is 17.4. The molecule has 28 heavy (non-hydrogen) atoms.